The number of hydrogen-bond acceptors (Lipinski definition) is 3. The van der Waals surface area contributed by atoms with E-state index in [4.69, 9.17) is 25.8 Å². The second-order valence-electron chi connectivity index (χ2n) is 9.33. The van der Waals surface area contributed by atoms with Crippen LogP contribution in [0.4, 0.5) is 0 Å². The second-order valence-corrected chi connectivity index (χ2v) is 9.77. The molecule has 4 atom stereocenters. The van der Waals surface area contributed by atoms with Crippen molar-refractivity contribution in [2.45, 2.75) is 44.1 Å². The molecule has 0 aliphatic rings. The second kappa shape index (κ2) is 15.2. The van der Waals surface area contributed by atoms with E-state index < -0.39 is 18.3 Å². The van der Waals surface area contributed by atoms with Crippen LogP contribution in [0.2, 0.25) is 5.02 Å². The van der Waals surface area contributed by atoms with Crippen molar-refractivity contribution in [2.75, 3.05) is 0 Å². The summed E-state index contributed by atoms with van der Waals surface area (Å²) >= 11 is 6.22. The Morgan fingerprint density at radius 3 is 1.41 bits per heavy atom. The van der Waals surface area contributed by atoms with E-state index in [9.17, 15) is 0 Å². The third kappa shape index (κ3) is 8.51. The monoisotopic (exact) mass is 538 g/mol. The lowest BCUT2D eigenvalue weighted by Crippen LogP contribution is -2.44. The van der Waals surface area contributed by atoms with Crippen LogP contribution < -0.4 is 0 Å². The molecule has 0 amide bonds. The van der Waals surface area contributed by atoms with Crippen LogP contribution >= 0.6 is 11.6 Å². The molecule has 0 heterocycles. The summed E-state index contributed by atoms with van der Waals surface area (Å²) in [6.07, 6.45) is 2.37. The lowest BCUT2D eigenvalue weighted by molar-refractivity contribution is -0.142. The van der Waals surface area contributed by atoms with Gasteiger partial charge in [0, 0.05) is 10.9 Å². The van der Waals surface area contributed by atoms with Gasteiger partial charge in [-0.25, -0.2) is 0 Å². The Morgan fingerprint density at radius 2 is 0.974 bits per heavy atom. The molecule has 0 saturated heterocycles. The Kier molecular flexibility index (Phi) is 11.1. The molecule has 0 aromatic heterocycles. The lowest BCUT2D eigenvalue weighted by Gasteiger charge is -2.36. The first kappa shape index (κ1) is 28.5. The van der Waals surface area contributed by atoms with E-state index in [-0.39, 0.29) is 5.92 Å². The highest BCUT2D eigenvalue weighted by Crippen LogP contribution is 2.32. The molecule has 0 N–H and O–H groups in total. The molecule has 4 aromatic carbocycles. The molecule has 0 bridgehead atoms. The molecule has 0 saturated carbocycles. The van der Waals surface area contributed by atoms with Crippen LogP contribution in [0.15, 0.2) is 141 Å². The molecule has 0 aliphatic carbocycles. The Balaban J connectivity index is 1.67. The van der Waals surface area contributed by atoms with Crippen molar-refractivity contribution in [3.8, 4) is 0 Å². The Labute approximate surface area is 237 Å². The van der Waals surface area contributed by atoms with Crippen LogP contribution in [-0.2, 0) is 34.0 Å². The van der Waals surface area contributed by atoms with Gasteiger partial charge in [0.25, 0.3) is 0 Å². The predicted molar refractivity (Wildman–Crippen MR) is 160 cm³/mol. The first-order chi connectivity index (χ1) is 19.2. The molecule has 4 aromatic rings. The molecule has 3 nitrogen and oxygen atoms in total. The van der Waals surface area contributed by atoms with Gasteiger partial charge in [-0.05, 0) is 34.4 Å². The fraction of sp³-hybridized carbons (Fsp3) is 0.200. The smallest absolute Gasteiger partial charge is 0.115 e. The first-order valence-corrected chi connectivity index (χ1v) is 13.5. The summed E-state index contributed by atoms with van der Waals surface area (Å²) in [5, 5.41) is 0.676. The Morgan fingerprint density at radius 1 is 0.538 bits per heavy atom. The molecule has 39 heavy (non-hydrogen) atoms. The maximum Gasteiger partial charge on any atom is 0.115 e. The van der Waals surface area contributed by atoms with Crippen LogP contribution in [0.25, 0.3) is 0 Å². The average molecular weight is 539 g/mol. The van der Waals surface area contributed by atoms with E-state index in [0.29, 0.717) is 24.8 Å². The van der Waals surface area contributed by atoms with Gasteiger partial charge in [0.2, 0.25) is 0 Å². The van der Waals surface area contributed by atoms with Crippen molar-refractivity contribution in [2.24, 2.45) is 0 Å². The van der Waals surface area contributed by atoms with Crippen molar-refractivity contribution in [3.63, 3.8) is 0 Å². The zero-order valence-electron chi connectivity index (χ0n) is 22.1. The van der Waals surface area contributed by atoms with Crippen molar-refractivity contribution in [3.05, 3.63) is 168 Å². The minimum absolute atomic E-state index is 0.186. The zero-order valence-corrected chi connectivity index (χ0v) is 22.8. The van der Waals surface area contributed by atoms with Crippen LogP contribution in [0.5, 0.6) is 0 Å². The maximum atomic E-state index is 6.69. The van der Waals surface area contributed by atoms with E-state index in [0.717, 1.165) is 22.3 Å². The molecular formula is C35H35ClO3. The highest BCUT2D eigenvalue weighted by Gasteiger charge is 2.36. The number of ether oxygens (including phenoxy) is 3. The van der Waals surface area contributed by atoms with Crippen LogP contribution in [0.1, 0.15) is 28.2 Å². The van der Waals surface area contributed by atoms with Crippen LogP contribution in [0, 0.1) is 0 Å². The van der Waals surface area contributed by atoms with E-state index in [1.807, 2.05) is 97.1 Å². The molecular weight excluding hydrogens is 504 g/mol. The normalized spacial score (nSPS) is 14.2. The van der Waals surface area contributed by atoms with Gasteiger partial charge < -0.3 is 14.2 Å². The van der Waals surface area contributed by atoms with Crippen molar-refractivity contribution in [1.82, 2.24) is 0 Å². The highest BCUT2D eigenvalue weighted by atomic mass is 35.5. The summed E-state index contributed by atoms with van der Waals surface area (Å²) in [5.41, 5.74) is 4.25. The number of rotatable bonds is 15. The summed E-state index contributed by atoms with van der Waals surface area (Å²) in [4.78, 5) is 0. The molecule has 0 aliphatic heterocycles. The first-order valence-electron chi connectivity index (χ1n) is 13.1. The molecule has 4 heteroatoms. The third-order valence-corrected chi connectivity index (χ3v) is 6.85. The molecule has 0 unspecified atom stereocenters. The largest absolute Gasteiger partial charge is 0.370 e. The van der Waals surface area contributed by atoms with E-state index in [2.05, 4.69) is 37.4 Å². The van der Waals surface area contributed by atoms with E-state index >= 15 is 0 Å². The SMILES string of the molecule is C=C[C@H](OCc1ccccc1)[C@@H](OCc1ccccc1)[C@H](OCc1ccccc1)[C@@H](C=C)c1ccc(Cl)cc1. The quantitative estimate of drug-likeness (QED) is 0.142. The lowest BCUT2D eigenvalue weighted by atomic mass is 9.88. The minimum Gasteiger partial charge on any atom is -0.370 e. The van der Waals surface area contributed by atoms with Gasteiger partial charge >= 0.3 is 0 Å². The van der Waals surface area contributed by atoms with Crippen molar-refractivity contribution in [1.29, 1.82) is 0 Å². The third-order valence-electron chi connectivity index (χ3n) is 6.60. The van der Waals surface area contributed by atoms with Gasteiger partial charge in [-0.2, -0.15) is 0 Å². The molecule has 200 valence electrons. The summed E-state index contributed by atoms with van der Waals surface area (Å²) in [6.45, 7) is 9.54. The highest BCUT2D eigenvalue weighted by molar-refractivity contribution is 6.30. The molecule has 0 radical (unpaired) electrons. The molecule has 4 rings (SSSR count). The van der Waals surface area contributed by atoms with Gasteiger partial charge in [0.15, 0.2) is 0 Å². The van der Waals surface area contributed by atoms with Crippen molar-refractivity contribution >= 4 is 11.6 Å². The van der Waals surface area contributed by atoms with Gasteiger partial charge in [-0.3, -0.25) is 0 Å². The van der Waals surface area contributed by atoms with Gasteiger partial charge in [-0.1, -0.05) is 127 Å². The van der Waals surface area contributed by atoms with Crippen LogP contribution in [-0.4, -0.2) is 18.3 Å². The minimum atomic E-state index is -0.478. The molecule has 0 spiro atoms. The predicted octanol–water partition coefficient (Wildman–Crippen LogP) is 8.55. The number of hydrogen-bond donors (Lipinski definition) is 0. The Bertz CT molecular complexity index is 1260. The standard InChI is InChI=1S/C35H35ClO3/c1-3-32(30-20-22-31(36)23-21-30)34(38-25-28-16-10-6-11-17-28)35(39-26-29-18-12-7-13-19-29)33(4-2)37-24-27-14-8-5-9-15-27/h3-23,32-35H,1-2,24-26H2/t32-,33-,34+,35+/m0/s1. The van der Waals surface area contributed by atoms with Crippen molar-refractivity contribution < 1.29 is 14.2 Å². The summed E-state index contributed by atoms with van der Waals surface area (Å²) < 4.78 is 19.8. The number of halogens is 1. The fourth-order valence-corrected chi connectivity index (χ4v) is 4.65. The summed E-state index contributed by atoms with van der Waals surface area (Å²) in [6, 6.07) is 38.1. The molecule has 0 fully saturated rings. The van der Waals surface area contributed by atoms with Crippen LogP contribution in [0.3, 0.4) is 0 Å². The van der Waals surface area contributed by atoms with Gasteiger partial charge in [0.1, 0.15) is 12.2 Å². The summed E-state index contributed by atoms with van der Waals surface area (Å²) in [7, 11) is 0. The van der Waals surface area contributed by atoms with E-state index in [1.165, 1.54) is 0 Å². The number of benzene rings is 4. The summed E-state index contributed by atoms with van der Waals surface area (Å²) in [5.74, 6) is -0.186. The van der Waals surface area contributed by atoms with Gasteiger partial charge in [0.05, 0.1) is 25.9 Å². The van der Waals surface area contributed by atoms with E-state index in [1.54, 1.807) is 6.08 Å². The Hall–Kier alpha value is -3.47. The zero-order chi connectivity index (χ0) is 27.3. The van der Waals surface area contributed by atoms with Gasteiger partial charge in [-0.15, -0.1) is 13.2 Å². The fourth-order valence-electron chi connectivity index (χ4n) is 4.52. The average Bonchev–Trinajstić information content (AvgIpc) is 2.99. The topological polar surface area (TPSA) is 27.7 Å². The maximum absolute atomic E-state index is 6.69.